The molecule has 2 fully saturated rings. The van der Waals surface area contributed by atoms with Crippen molar-refractivity contribution in [2.24, 2.45) is 0 Å². The lowest BCUT2D eigenvalue weighted by Crippen LogP contribution is -2.45. The number of rotatable bonds is 4. The molecule has 1 aliphatic heterocycles. The fraction of sp³-hybridized carbons (Fsp3) is 0.692. The second-order valence-electron chi connectivity index (χ2n) is 5.22. The monoisotopic (exact) mass is 310 g/mol. The second-order valence-corrected chi connectivity index (χ2v) is 6.08. The molecule has 1 unspecified atom stereocenters. The van der Waals surface area contributed by atoms with Crippen molar-refractivity contribution in [1.82, 2.24) is 15.3 Å². The third kappa shape index (κ3) is 2.83. The first kappa shape index (κ1) is 12.4. The van der Waals surface area contributed by atoms with Crippen molar-refractivity contribution < 1.29 is 0 Å². The maximum atomic E-state index is 4.45. The molecule has 1 aliphatic carbocycles. The Bertz CT molecular complexity index is 402. The van der Waals surface area contributed by atoms with E-state index in [2.05, 4.69) is 36.1 Å². The second kappa shape index (κ2) is 5.53. The molecule has 4 nitrogen and oxygen atoms in total. The summed E-state index contributed by atoms with van der Waals surface area (Å²) in [4.78, 5) is 11.0. The molecule has 1 saturated carbocycles. The Kier molecular flexibility index (Phi) is 3.80. The van der Waals surface area contributed by atoms with Gasteiger partial charge in [0.2, 0.25) is 0 Å². The highest BCUT2D eigenvalue weighted by Crippen LogP contribution is 2.34. The summed E-state index contributed by atoms with van der Waals surface area (Å²) in [6.45, 7) is 2.23. The van der Waals surface area contributed by atoms with Gasteiger partial charge in [0, 0.05) is 24.8 Å². The van der Waals surface area contributed by atoms with E-state index in [0.29, 0.717) is 12.1 Å². The lowest BCUT2D eigenvalue weighted by atomic mass is 10.0. The van der Waals surface area contributed by atoms with Crippen LogP contribution in [0, 0.1) is 0 Å². The maximum absolute atomic E-state index is 4.45. The zero-order valence-corrected chi connectivity index (χ0v) is 12.1. The number of halogens is 1. The van der Waals surface area contributed by atoms with Gasteiger partial charge in [-0.05, 0) is 48.2 Å². The summed E-state index contributed by atoms with van der Waals surface area (Å²) < 4.78 is 1.01. The summed E-state index contributed by atoms with van der Waals surface area (Å²) in [6, 6.07) is 1.29. The molecule has 0 radical (unpaired) electrons. The molecule has 0 spiro atoms. The highest BCUT2D eigenvalue weighted by atomic mass is 79.9. The lowest BCUT2D eigenvalue weighted by Gasteiger charge is -2.31. The molecule has 3 rings (SSSR count). The van der Waals surface area contributed by atoms with Gasteiger partial charge in [-0.3, -0.25) is 0 Å². The summed E-state index contributed by atoms with van der Waals surface area (Å²) in [7, 11) is 0. The molecule has 1 N–H and O–H groups in total. The smallest absolute Gasteiger partial charge is 0.146 e. The molecule has 18 heavy (non-hydrogen) atoms. The molecule has 0 aromatic carbocycles. The zero-order valence-electron chi connectivity index (χ0n) is 10.5. The number of nitrogens with one attached hydrogen (secondary N) is 1. The highest BCUT2D eigenvalue weighted by molar-refractivity contribution is 9.10. The number of piperidine rings is 1. The molecule has 2 aliphatic rings. The van der Waals surface area contributed by atoms with E-state index in [1.165, 1.54) is 32.1 Å². The van der Waals surface area contributed by atoms with Gasteiger partial charge < -0.3 is 10.2 Å². The van der Waals surface area contributed by atoms with Crippen molar-refractivity contribution in [2.75, 3.05) is 18.0 Å². The van der Waals surface area contributed by atoms with Crippen LogP contribution in [0.3, 0.4) is 0 Å². The van der Waals surface area contributed by atoms with E-state index >= 15 is 0 Å². The predicted molar refractivity (Wildman–Crippen MR) is 75.7 cm³/mol. The van der Waals surface area contributed by atoms with Crippen LogP contribution in [-0.2, 0) is 0 Å². The number of hydrogen-bond acceptors (Lipinski definition) is 4. The minimum Gasteiger partial charge on any atom is -0.351 e. The van der Waals surface area contributed by atoms with E-state index < -0.39 is 0 Å². The number of aromatic nitrogens is 2. The van der Waals surface area contributed by atoms with Gasteiger partial charge in [-0.2, -0.15) is 0 Å². The maximum Gasteiger partial charge on any atom is 0.146 e. The van der Waals surface area contributed by atoms with Crippen LogP contribution in [0.5, 0.6) is 0 Å². The Hall–Kier alpha value is -0.680. The first-order valence-electron chi connectivity index (χ1n) is 6.80. The largest absolute Gasteiger partial charge is 0.351 e. The molecule has 1 saturated heterocycles. The van der Waals surface area contributed by atoms with Gasteiger partial charge in [0.15, 0.2) is 0 Å². The number of anilines is 1. The van der Waals surface area contributed by atoms with Crippen LogP contribution in [0.25, 0.3) is 0 Å². The third-order valence-corrected chi connectivity index (χ3v) is 4.30. The molecule has 98 valence electrons. The van der Waals surface area contributed by atoms with E-state index in [4.69, 9.17) is 0 Å². The molecule has 5 heteroatoms. The Morgan fingerprint density at radius 3 is 2.89 bits per heavy atom. The molecule has 0 bridgehead atoms. The van der Waals surface area contributed by atoms with Crippen molar-refractivity contribution in [2.45, 2.75) is 44.2 Å². The fourth-order valence-electron chi connectivity index (χ4n) is 2.63. The highest BCUT2D eigenvalue weighted by Gasteiger charge is 2.32. The average molecular weight is 311 g/mol. The van der Waals surface area contributed by atoms with E-state index in [0.717, 1.165) is 23.4 Å². The summed E-state index contributed by atoms with van der Waals surface area (Å²) in [5.41, 5.74) is 0. The van der Waals surface area contributed by atoms with Gasteiger partial charge in [-0.15, -0.1) is 0 Å². The van der Waals surface area contributed by atoms with Crippen LogP contribution >= 0.6 is 15.9 Å². The number of hydrogen-bond donors (Lipinski definition) is 1. The first-order chi connectivity index (χ1) is 8.84. The van der Waals surface area contributed by atoms with Crippen LogP contribution in [0.15, 0.2) is 17.0 Å². The quantitative estimate of drug-likeness (QED) is 0.927. The fourth-order valence-corrected chi connectivity index (χ4v) is 3.08. The minimum atomic E-state index is 0.612. The molecular formula is C13H19BrN4. The Morgan fingerprint density at radius 2 is 2.22 bits per heavy atom. The zero-order chi connectivity index (χ0) is 12.4. The van der Waals surface area contributed by atoms with Crippen molar-refractivity contribution in [3.05, 3.63) is 17.0 Å². The van der Waals surface area contributed by atoms with Crippen molar-refractivity contribution >= 4 is 21.7 Å². The lowest BCUT2D eigenvalue weighted by molar-refractivity contribution is 0.397. The standard InChI is InChI=1S/C13H19BrN4/c14-12-7-15-9-17-13(12)18(11-4-5-11)8-10-3-1-2-6-16-10/h7,9-11,16H,1-6,8H2. The van der Waals surface area contributed by atoms with Crippen LogP contribution in [0.4, 0.5) is 5.82 Å². The van der Waals surface area contributed by atoms with Gasteiger partial charge in [-0.1, -0.05) is 6.42 Å². The van der Waals surface area contributed by atoms with Gasteiger partial charge in [-0.25, -0.2) is 9.97 Å². The summed E-state index contributed by atoms with van der Waals surface area (Å²) in [6.07, 6.45) is 10.0. The molecule has 0 amide bonds. The van der Waals surface area contributed by atoms with Crippen molar-refractivity contribution in [3.63, 3.8) is 0 Å². The van der Waals surface area contributed by atoms with Crippen LogP contribution < -0.4 is 10.2 Å². The van der Waals surface area contributed by atoms with E-state index in [9.17, 15) is 0 Å². The van der Waals surface area contributed by atoms with Crippen LogP contribution in [0.2, 0.25) is 0 Å². The molecule has 1 atom stereocenters. The molecule has 2 heterocycles. The first-order valence-corrected chi connectivity index (χ1v) is 7.59. The van der Waals surface area contributed by atoms with Gasteiger partial charge in [0.25, 0.3) is 0 Å². The average Bonchev–Trinajstić information content (AvgIpc) is 3.23. The van der Waals surface area contributed by atoms with Gasteiger partial charge >= 0.3 is 0 Å². The summed E-state index contributed by atoms with van der Waals surface area (Å²) >= 11 is 3.57. The summed E-state index contributed by atoms with van der Waals surface area (Å²) in [5.74, 6) is 1.06. The van der Waals surface area contributed by atoms with E-state index in [-0.39, 0.29) is 0 Å². The SMILES string of the molecule is Brc1cncnc1N(CC1CCCCN1)C1CC1. The molecule has 1 aromatic heterocycles. The molecule has 1 aromatic rings. The van der Waals surface area contributed by atoms with Gasteiger partial charge in [0.05, 0.1) is 4.47 Å². The minimum absolute atomic E-state index is 0.612. The Morgan fingerprint density at radius 1 is 1.33 bits per heavy atom. The van der Waals surface area contributed by atoms with Gasteiger partial charge in [0.1, 0.15) is 12.1 Å². The van der Waals surface area contributed by atoms with Crippen LogP contribution in [-0.4, -0.2) is 35.1 Å². The summed E-state index contributed by atoms with van der Waals surface area (Å²) in [5, 5.41) is 3.62. The number of nitrogens with zero attached hydrogens (tertiary/aromatic N) is 3. The van der Waals surface area contributed by atoms with E-state index in [1.54, 1.807) is 6.33 Å². The third-order valence-electron chi connectivity index (χ3n) is 3.74. The predicted octanol–water partition coefficient (Wildman–Crippen LogP) is 2.35. The Balaban J connectivity index is 1.73. The van der Waals surface area contributed by atoms with E-state index in [1.807, 2.05) is 6.20 Å². The van der Waals surface area contributed by atoms with Crippen LogP contribution in [0.1, 0.15) is 32.1 Å². The normalized spacial score (nSPS) is 23.9. The molecular weight excluding hydrogens is 292 g/mol. The van der Waals surface area contributed by atoms with Crippen molar-refractivity contribution in [1.29, 1.82) is 0 Å². The Labute approximate surface area is 116 Å². The topological polar surface area (TPSA) is 41.1 Å². The van der Waals surface area contributed by atoms with Crippen molar-refractivity contribution in [3.8, 4) is 0 Å².